The third-order valence-corrected chi connectivity index (χ3v) is 3.66. The van der Waals surface area contributed by atoms with Crippen LogP contribution in [0.1, 0.15) is 13.8 Å². The highest BCUT2D eigenvalue weighted by Crippen LogP contribution is 2.26. The molecule has 0 bridgehead atoms. The Morgan fingerprint density at radius 1 is 1.56 bits per heavy atom. The second-order valence-corrected chi connectivity index (χ2v) is 5.74. The van der Waals surface area contributed by atoms with Crippen molar-refractivity contribution in [2.75, 3.05) is 30.4 Å². The van der Waals surface area contributed by atoms with Crippen LogP contribution in [-0.4, -0.2) is 42.2 Å². The SMILES string of the molecule is COc1ccc(N2CC(CBr)OC(C)(C)C2)nc1. The van der Waals surface area contributed by atoms with Crippen molar-refractivity contribution in [3.05, 3.63) is 18.3 Å². The molecule has 0 aliphatic carbocycles. The van der Waals surface area contributed by atoms with Crippen LogP contribution in [0.4, 0.5) is 5.82 Å². The summed E-state index contributed by atoms with van der Waals surface area (Å²) in [4.78, 5) is 6.70. The van der Waals surface area contributed by atoms with E-state index in [4.69, 9.17) is 9.47 Å². The van der Waals surface area contributed by atoms with Gasteiger partial charge in [0.25, 0.3) is 0 Å². The number of hydrogen-bond donors (Lipinski definition) is 0. The van der Waals surface area contributed by atoms with Gasteiger partial charge >= 0.3 is 0 Å². The number of pyridine rings is 1. The first-order valence-corrected chi connectivity index (χ1v) is 7.15. The van der Waals surface area contributed by atoms with E-state index in [2.05, 4.69) is 39.7 Å². The Morgan fingerprint density at radius 2 is 2.33 bits per heavy atom. The van der Waals surface area contributed by atoms with E-state index in [0.29, 0.717) is 0 Å². The van der Waals surface area contributed by atoms with Gasteiger partial charge in [-0.2, -0.15) is 0 Å². The molecular weight excluding hydrogens is 296 g/mol. The van der Waals surface area contributed by atoms with Crippen LogP contribution in [0.15, 0.2) is 18.3 Å². The number of aromatic nitrogens is 1. The number of anilines is 1. The van der Waals surface area contributed by atoms with Crippen molar-refractivity contribution >= 4 is 21.7 Å². The number of methoxy groups -OCH3 is 1. The second kappa shape index (κ2) is 5.45. The molecule has 1 aliphatic heterocycles. The fourth-order valence-corrected chi connectivity index (χ4v) is 2.57. The highest BCUT2D eigenvalue weighted by atomic mass is 79.9. The summed E-state index contributed by atoms with van der Waals surface area (Å²) in [5.74, 6) is 1.75. The lowest BCUT2D eigenvalue weighted by atomic mass is 10.1. The number of morpholine rings is 1. The monoisotopic (exact) mass is 314 g/mol. The molecule has 2 heterocycles. The van der Waals surface area contributed by atoms with Crippen LogP contribution in [0.25, 0.3) is 0 Å². The van der Waals surface area contributed by atoms with Crippen LogP contribution < -0.4 is 9.64 Å². The van der Waals surface area contributed by atoms with Crippen molar-refractivity contribution in [2.45, 2.75) is 25.6 Å². The summed E-state index contributed by atoms with van der Waals surface area (Å²) >= 11 is 3.49. The van der Waals surface area contributed by atoms with Crippen LogP contribution in [0.5, 0.6) is 5.75 Å². The Bertz CT molecular complexity index is 394. The molecule has 0 N–H and O–H groups in total. The summed E-state index contributed by atoms with van der Waals surface area (Å²) in [7, 11) is 1.65. The summed E-state index contributed by atoms with van der Waals surface area (Å²) < 4.78 is 11.1. The minimum Gasteiger partial charge on any atom is -0.495 e. The van der Waals surface area contributed by atoms with Gasteiger partial charge in [-0.1, -0.05) is 15.9 Å². The molecule has 2 rings (SSSR count). The van der Waals surface area contributed by atoms with Crippen LogP contribution in [0, 0.1) is 0 Å². The van der Waals surface area contributed by atoms with E-state index in [1.165, 1.54) is 0 Å². The molecule has 1 fully saturated rings. The number of halogens is 1. The Labute approximate surface area is 116 Å². The van der Waals surface area contributed by atoms with Crippen molar-refractivity contribution in [3.8, 4) is 5.75 Å². The molecule has 1 aliphatic rings. The van der Waals surface area contributed by atoms with Gasteiger partial charge in [-0.25, -0.2) is 4.98 Å². The van der Waals surface area contributed by atoms with Crippen LogP contribution in [0.2, 0.25) is 0 Å². The first-order valence-electron chi connectivity index (χ1n) is 6.03. The first-order chi connectivity index (χ1) is 8.54. The maximum absolute atomic E-state index is 5.98. The minimum absolute atomic E-state index is 0.154. The lowest BCUT2D eigenvalue weighted by Gasteiger charge is -2.42. The van der Waals surface area contributed by atoms with E-state index in [1.54, 1.807) is 13.3 Å². The van der Waals surface area contributed by atoms with Gasteiger partial charge in [0.1, 0.15) is 11.6 Å². The third kappa shape index (κ3) is 3.14. The molecule has 0 saturated carbocycles. The molecule has 100 valence electrons. The van der Waals surface area contributed by atoms with Crippen molar-refractivity contribution < 1.29 is 9.47 Å². The van der Waals surface area contributed by atoms with E-state index in [9.17, 15) is 0 Å². The molecule has 0 aromatic carbocycles. The van der Waals surface area contributed by atoms with Gasteiger partial charge in [0.05, 0.1) is 25.0 Å². The maximum Gasteiger partial charge on any atom is 0.137 e. The zero-order valence-electron chi connectivity index (χ0n) is 11.0. The zero-order valence-corrected chi connectivity index (χ0v) is 12.6. The molecule has 0 spiro atoms. The van der Waals surface area contributed by atoms with E-state index in [1.807, 2.05) is 12.1 Å². The maximum atomic E-state index is 5.98. The predicted octanol–water partition coefficient (Wildman–Crippen LogP) is 2.47. The second-order valence-electron chi connectivity index (χ2n) is 5.09. The Morgan fingerprint density at radius 3 is 2.89 bits per heavy atom. The molecule has 1 atom stereocenters. The summed E-state index contributed by atoms with van der Waals surface area (Å²) in [6.45, 7) is 5.92. The summed E-state index contributed by atoms with van der Waals surface area (Å²) in [5.41, 5.74) is -0.154. The van der Waals surface area contributed by atoms with Gasteiger partial charge in [0, 0.05) is 18.4 Å². The highest BCUT2D eigenvalue weighted by molar-refractivity contribution is 9.09. The number of alkyl halides is 1. The quantitative estimate of drug-likeness (QED) is 0.803. The molecule has 0 radical (unpaired) electrons. The molecular formula is C13H19BrN2O2. The smallest absolute Gasteiger partial charge is 0.137 e. The fourth-order valence-electron chi connectivity index (χ4n) is 2.23. The average molecular weight is 315 g/mol. The molecule has 1 saturated heterocycles. The van der Waals surface area contributed by atoms with Gasteiger partial charge in [-0.15, -0.1) is 0 Å². The molecule has 18 heavy (non-hydrogen) atoms. The first kappa shape index (κ1) is 13.6. The Hall–Kier alpha value is -0.810. The fraction of sp³-hybridized carbons (Fsp3) is 0.615. The van der Waals surface area contributed by atoms with Gasteiger partial charge in [-0.3, -0.25) is 0 Å². The molecule has 1 aromatic rings. The number of nitrogens with zero attached hydrogens (tertiary/aromatic N) is 2. The number of ether oxygens (including phenoxy) is 2. The van der Waals surface area contributed by atoms with E-state index in [-0.39, 0.29) is 11.7 Å². The minimum atomic E-state index is -0.154. The summed E-state index contributed by atoms with van der Waals surface area (Å²) in [5, 5.41) is 0.836. The van der Waals surface area contributed by atoms with Gasteiger partial charge in [0.2, 0.25) is 0 Å². The Balaban J connectivity index is 2.15. The predicted molar refractivity (Wildman–Crippen MR) is 75.7 cm³/mol. The summed E-state index contributed by atoms with van der Waals surface area (Å²) in [6, 6.07) is 3.93. The largest absolute Gasteiger partial charge is 0.495 e. The molecule has 0 amide bonds. The van der Waals surface area contributed by atoms with E-state index >= 15 is 0 Å². The molecule has 1 aromatic heterocycles. The number of hydrogen-bond acceptors (Lipinski definition) is 4. The lowest BCUT2D eigenvalue weighted by Crippen LogP contribution is -2.53. The molecule has 4 nitrogen and oxygen atoms in total. The normalized spacial score (nSPS) is 22.9. The highest BCUT2D eigenvalue weighted by Gasteiger charge is 2.33. The summed E-state index contributed by atoms with van der Waals surface area (Å²) in [6.07, 6.45) is 1.94. The van der Waals surface area contributed by atoms with E-state index < -0.39 is 0 Å². The zero-order chi connectivity index (χ0) is 13.2. The van der Waals surface area contributed by atoms with Gasteiger partial charge in [0.15, 0.2) is 0 Å². The number of rotatable bonds is 3. The van der Waals surface area contributed by atoms with Crippen molar-refractivity contribution in [1.29, 1.82) is 0 Å². The average Bonchev–Trinajstić information content (AvgIpc) is 2.37. The van der Waals surface area contributed by atoms with Gasteiger partial charge < -0.3 is 14.4 Å². The molecule has 1 unspecified atom stereocenters. The van der Waals surface area contributed by atoms with Crippen molar-refractivity contribution in [2.24, 2.45) is 0 Å². The van der Waals surface area contributed by atoms with Crippen molar-refractivity contribution in [3.63, 3.8) is 0 Å². The lowest BCUT2D eigenvalue weighted by molar-refractivity contribution is -0.0725. The van der Waals surface area contributed by atoms with Crippen molar-refractivity contribution in [1.82, 2.24) is 4.98 Å². The Kier molecular flexibility index (Phi) is 4.12. The van der Waals surface area contributed by atoms with Crippen LogP contribution >= 0.6 is 15.9 Å². The standard InChI is InChI=1S/C13H19BrN2O2/c1-13(2)9-16(8-11(6-14)18-13)12-5-4-10(17-3)7-15-12/h4-5,7,11H,6,8-9H2,1-3H3. The molecule has 5 heteroatoms. The van der Waals surface area contributed by atoms with Gasteiger partial charge in [-0.05, 0) is 26.0 Å². The topological polar surface area (TPSA) is 34.6 Å². The van der Waals surface area contributed by atoms with E-state index in [0.717, 1.165) is 30.0 Å². The van der Waals surface area contributed by atoms with Crippen LogP contribution in [-0.2, 0) is 4.74 Å². The third-order valence-electron chi connectivity index (χ3n) is 2.93. The van der Waals surface area contributed by atoms with Crippen LogP contribution in [0.3, 0.4) is 0 Å².